The Balaban J connectivity index is 2.89. The number of aromatic nitrogens is 1. The third-order valence-electron chi connectivity index (χ3n) is 2.79. The maximum Gasteiger partial charge on any atom is 0.0491 e. The van der Waals surface area contributed by atoms with Gasteiger partial charge in [0.2, 0.25) is 0 Å². The van der Waals surface area contributed by atoms with Crippen LogP contribution in [0.1, 0.15) is 11.3 Å². The lowest BCUT2D eigenvalue weighted by atomic mass is 10.2. The minimum atomic E-state index is 1.33. The maximum absolute atomic E-state index is 2.27. The van der Waals surface area contributed by atoms with Crippen molar-refractivity contribution in [2.24, 2.45) is 7.05 Å². The second kappa shape index (κ2) is 3.35. The Hall–Kier alpha value is -0.890. The molecule has 0 N–H and O–H groups in total. The van der Waals surface area contributed by atoms with Crippen molar-refractivity contribution in [1.82, 2.24) is 4.57 Å². The van der Waals surface area contributed by atoms with E-state index in [-0.39, 0.29) is 0 Å². The van der Waals surface area contributed by atoms with Crippen LogP contribution in [-0.2, 0) is 7.05 Å². The van der Waals surface area contributed by atoms with E-state index < -0.39 is 0 Å². The SMILES string of the molecule is CSc1c(C)n(C)c2ccc(C)cc12. The fraction of sp³-hybridized carbons (Fsp3) is 0.333. The molecule has 0 bridgehead atoms. The first kappa shape index (κ1) is 9.66. The van der Waals surface area contributed by atoms with Crippen molar-refractivity contribution in [3.63, 3.8) is 0 Å². The van der Waals surface area contributed by atoms with Crippen LogP contribution in [0, 0.1) is 13.8 Å². The fourth-order valence-corrected chi connectivity index (χ4v) is 2.73. The van der Waals surface area contributed by atoms with Gasteiger partial charge in [0.25, 0.3) is 0 Å². The normalized spacial score (nSPS) is 11.1. The van der Waals surface area contributed by atoms with E-state index >= 15 is 0 Å². The second-order valence-corrected chi connectivity index (χ2v) is 4.51. The number of hydrogen-bond acceptors (Lipinski definition) is 1. The summed E-state index contributed by atoms with van der Waals surface area (Å²) in [6.45, 7) is 4.33. The molecule has 1 aromatic carbocycles. The Labute approximate surface area is 89.1 Å². The van der Waals surface area contributed by atoms with E-state index in [2.05, 4.69) is 49.9 Å². The van der Waals surface area contributed by atoms with Gasteiger partial charge in [0.1, 0.15) is 0 Å². The summed E-state index contributed by atoms with van der Waals surface area (Å²) >= 11 is 1.83. The topological polar surface area (TPSA) is 4.93 Å². The van der Waals surface area contributed by atoms with E-state index in [9.17, 15) is 0 Å². The van der Waals surface area contributed by atoms with Gasteiger partial charge < -0.3 is 4.57 Å². The van der Waals surface area contributed by atoms with E-state index in [1.54, 1.807) is 0 Å². The molecule has 2 heteroatoms. The summed E-state index contributed by atoms with van der Waals surface area (Å²) in [6.07, 6.45) is 2.14. The Morgan fingerprint density at radius 2 is 1.93 bits per heavy atom. The highest BCUT2D eigenvalue weighted by molar-refractivity contribution is 7.98. The Morgan fingerprint density at radius 3 is 2.57 bits per heavy atom. The Morgan fingerprint density at radius 1 is 1.21 bits per heavy atom. The van der Waals surface area contributed by atoms with Crippen molar-refractivity contribution in [3.05, 3.63) is 29.5 Å². The third-order valence-corrected chi connectivity index (χ3v) is 3.72. The van der Waals surface area contributed by atoms with Gasteiger partial charge in [-0.05, 0) is 32.2 Å². The van der Waals surface area contributed by atoms with Crippen LogP contribution in [0.3, 0.4) is 0 Å². The average molecular weight is 205 g/mol. The molecule has 0 spiro atoms. The van der Waals surface area contributed by atoms with E-state index in [1.165, 1.54) is 27.1 Å². The molecule has 1 nitrogen and oxygen atoms in total. The lowest BCUT2D eigenvalue weighted by molar-refractivity contribution is 0.900. The molecule has 1 heterocycles. The summed E-state index contributed by atoms with van der Waals surface area (Å²) in [7, 11) is 2.13. The Bertz CT molecular complexity index is 483. The largest absolute Gasteiger partial charge is 0.347 e. The van der Waals surface area contributed by atoms with Crippen LogP contribution in [0.2, 0.25) is 0 Å². The quantitative estimate of drug-likeness (QED) is 0.645. The molecule has 0 unspecified atom stereocenters. The van der Waals surface area contributed by atoms with Crippen LogP contribution in [0.5, 0.6) is 0 Å². The van der Waals surface area contributed by atoms with Crippen molar-refractivity contribution < 1.29 is 0 Å². The van der Waals surface area contributed by atoms with Gasteiger partial charge in [0.05, 0.1) is 0 Å². The summed E-state index contributed by atoms with van der Waals surface area (Å²) in [5, 5.41) is 1.39. The fourth-order valence-electron chi connectivity index (χ4n) is 1.91. The molecule has 0 fully saturated rings. The molecule has 0 saturated carbocycles. The van der Waals surface area contributed by atoms with Crippen LogP contribution < -0.4 is 0 Å². The van der Waals surface area contributed by atoms with E-state index in [0.29, 0.717) is 0 Å². The number of fused-ring (bicyclic) bond motifs is 1. The van der Waals surface area contributed by atoms with Crippen LogP contribution >= 0.6 is 11.8 Å². The predicted octanol–water partition coefficient (Wildman–Crippen LogP) is 3.52. The van der Waals surface area contributed by atoms with Gasteiger partial charge in [-0.3, -0.25) is 0 Å². The zero-order valence-corrected chi connectivity index (χ0v) is 9.90. The summed E-state index contributed by atoms with van der Waals surface area (Å²) in [6, 6.07) is 6.65. The molecule has 0 aliphatic heterocycles. The van der Waals surface area contributed by atoms with Crippen molar-refractivity contribution in [2.45, 2.75) is 18.7 Å². The average Bonchev–Trinajstić information content (AvgIpc) is 2.39. The molecule has 74 valence electrons. The van der Waals surface area contributed by atoms with Gasteiger partial charge in [0.15, 0.2) is 0 Å². The van der Waals surface area contributed by atoms with Crippen molar-refractivity contribution >= 4 is 22.7 Å². The lowest BCUT2D eigenvalue weighted by Gasteiger charge is -1.98. The molecule has 0 atom stereocenters. The Kier molecular flexibility index (Phi) is 2.31. The number of thioether (sulfide) groups is 1. The lowest BCUT2D eigenvalue weighted by Crippen LogP contribution is -1.89. The standard InChI is InChI=1S/C12H15NS/c1-8-5-6-11-10(7-8)12(14-4)9(2)13(11)3/h5-7H,1-4H3. The highest BCUT2D eigenvalue weighted by atomic mass is 32.2. The summed E-state index contributed by atoms with van der Waals surface area (Å²) in [5.41, 5.74) is 4.02. The van der Waals surface area contributed by atoms with Gasteiger partial charge in [-0.25, -0.2) is 0 Å². The molecule has 0 amide bonds. The molecule has 1 aromatic heterocycles. The van der Waals surface area contributed by atoms with Gasteiger partial charge in [0, 0.05) is 28.5 Å². The second-order valence-electron chi connectivity index (χ2n) is 3.70. The molecular weight excluding hydrogens is 190 g/mol. The number of benzene rings is 1. The van der Waals surface area contributed by atoms with E-state index in [0.717, 1.165) is 0 Å². The number of hydrogen-bond donors (Lipinski definition) is 0. The summed E-state index contributed by atoms with van der Waals surface area (Å²) in [4.78, 5) is 1.41. The van der Waals surface area contributed by atoms with Crippen molar-refractivity contribution in [3.8, 4) is 0 Å². The zero-order valence-electron chi connectivity index (χ0n) is 9.09. The molecule has 0 saturated heterocycles. The van der Waals surface area contributed by atoms with E-state index in [4.69, 9.17) is 0 Å². The minimum Gasteiger partial charge on any atom is -0.347 e. The molecule has 0 aliphatic rings. The zero-order chi connectivity index (χ0) is 10.3. The van der Waals surface area contributed by atoms with Crippen LogP contribution in [0.25, 0.3) is 10.9 Å². The monoisotopic (exact) mass is 205 g/mol. The van der Waals surface area contributed by atoms with Crippen LogP contribution in [0.4, 0.5) is 0 Å². The van der Waals surface area contributed by atoms with Gasteiger partial charge in [-0.2, -0.15) is 0 Å². The number of nitrogens with zero attached hydrogens (tertiary/aromatic N) is 1. The third kappa shape index (κ3) is 1.25. The molecular formula is C12H15NS. The number of rotatable bonds is 1. The predicted molar refractivity (Wildman–Crippen MR) is 64.2 cm³/mol. The molecule has 2 rings (SSSR count). The smallest absolute Gasteiger partial charge is 0.0491 e. The van der Waals surface area contributed by atoms with Crippen molar-refractivity contribution in [1.29, 1.82) is 0 Å². The minimum absolute atomic E-state index is 1.33. The first-order chi connectivity index (χ1) is 6.65. The summed E-state index contributed by atoms with van der Waals surface area (Å²) < 4.78 is 2.26. The molecule has 2 aromatic rings. The molecule has 0 aliphatic carbocycles. The van der Waals surface area contributed by atoms with Crippen molar-refractivity contribution in [2.75, 3.05) is 6.26 Å². The van der Waals surface area contributed by atoms with Gasteiger partial charge in [-0.15, -0.1) is 11.8 Å². The van der Waals surface area contributed by atoms with E-state index in [1.807, 2.05) is 11.8 Å². The highest BCUT2D eigenvalue weighted by Crippen LogP contribution is 2.32. The first-order valence-electron chi connectivity index (χ1n) is 4.74. The number of aryl methyl sites for hydroxylation is 2. The highest BCUT2D eigenvalue weighted by Gasteiger charge is 2.10. The van der Waals surface area contributed by atoms with Crippen LogP contribution in [0.15, 0.2) is 23.1 Å². The summed E-state index contributed by atoms with van der Waals surface area (Å²) in [5.74, 6) is 0. The maximum atomic E-state index is 2.27. The molecule has 0 radical (unpaired) electrons. The first-order valence-corrected chi connectivity index (χ1v) is 5.97. The van der Waals surface area contributed by atoms with Gasteiger partial charge in [-0.1, -0.05) is 11.6 Å². The molecule has 14 heavy (non-hydrogen) atoms. The van der Waals surface area contributed by atoms with Crippen LogP contribution in [-0.4, -0.2) is 10.8 Å². The van der Waals surface area contributed by atoms with Gasteiger partial charge >= 0.3 is 0 Å².